The van der Waals surface area contributed by atoms with Gasteiger partial charge in [-0.15, -0.1) is 0 Å². The minimum atomic E-state index is -3.73. The third kappa shape index (κ3) is 5.37. The number of hydrogen-bond acceptors (Lipinski definition) is 4. The number of nitrogens with zero attached hydrogens (tertiary/aromatic N) is 3. The van der Waals surface area contributed by atoms with Crippen LogP contribution in [0.1, 0.15) is 29.8 Å². The predicted molar refractivity (Wildman–Crippen MR) is 142 cm³/mol. The topological polar surface area (TPSA) is 71.7 Å². The normalized spacial score (nSPS) is 12.5. The molecule has 0 saturated heterocycles. The van der Waals surface area contributed by atoms with Crippen molar-refractivity contribution in [3.63, 3.8) is 0 Å². The molecule has 0 N–H and O–H groups in total. The van der Waals surface area contributed by atoms with Gasteiger partial charge in [0.25, 0.3) is 5.91 Å². The van der Waals surface area contributed by atoms with E-state index in [4.69, 9.17) is 23.2 Å². The molecule has 0 aliphatic rings. The maximum absolute atomic E-state index is 13.2. The molecule has 0 atom stereocenters. The maximum atomic E-state index is 13.2. The number of rotatable bonds is 7. The van der Waals surface area contributed by atoms with E-state index in [1.165, 1.54) is 39.9 Å². The lowest BCUT2D eigenvalue weighted by atomic mass is 10.2. The highest BCUT2D eigenvalue weighted by atomic mass is 35.5. The van der Waals surface area contributed by atoms with Crippen molar-refractivity contribution in [3.8, 4) is 0 Å². The highest BCUT2D eigenvalue weighted by Gasteiger charge is 2.23. The first-order valence-corrected chi connectivity index (χ1v) is 14.0. The summed E-state index contributed by atoms with van der Waals surface area (Å²) in [6.07, 6.45) is 0. The molecule has 4 aromatic rings. The summed E-state index contributed by atoms with van der Waals surface area (Å²) in [4.78, 5) is 17.8. The summed E-state index contributed by atoms with van der Waals surface area (Å²) < 4.78 is 30.4. The number of aryl methyl sites for hydroxylation is 1. The highest BCUT2D eigenvalue weighted by Crippen LogP contribution is 2.29. The Kier molecular flexibility index (Phi) is 7.78. The van der Waals surface area contributed by atoms with Crippen LogP contribution < -0.4 is 4.80 Å². The summed E-state index contributed by atoms with van der Waals surface area (Å²) in [6.45, 7) is 4.90. The monoisotopic (exact) mass is 547 g/mol. The Hall–Kier alpha value is -2.49. The van der Waals surface area contributed by atoms with Crippen LogP contribution in [-0.2, 0) is 23.1 Å². The van der Waals surface area contributed by atoms with Gasteiger partial charge in [0, 0.05) is 30.2 Å². The van der Waals surface area contributed by atoms with E-state index in [0.29, 0.717) is 33.5 Å². The van der Waals surface area contributed by atoms with E-state index in [1.54, 1.807) is 19.1 Å². The van der Waals surface area contributed by atoms with Crippen molar-refractivity contribution >= 4 is 60.7 Å². The molecular formula is C25H23Cl2N3O3S2. The maximum Gasteiger partial charge on any atom is 0.279 e. The smallest absolute Gasteiger partial charge is 0.279 e. The Bertz CT molecular complexity index is 1540. The van der Waals surface area contributed by atoms with Crippen molar-refractivity contribution < 1.29 is 13.2 Å². The lowest BCUT2D eigenvalue weighted by molar-refractivity contribution is 0.0997. The average molecular weight is 549 g/mol. The number of hydrogen-bond donors (Lipinski definition) is 0. The van der Waals surface area contributed by atoms with Crippen LogP contribution in [-0.4, -0.2) is 29.7 Å². The van der Waals surface area contributed by atoms with Gasteiger partial charge in [-0.3, -0.25) is 4.79 Å². The Labute approximate surface area is 218 Å². The summed E-state index contributed by atoms with van der Waals surface area (Å²) in [5.41, 5.74) is 1.96. The number of sulfonamides is 1. The first-order valence-electron chi connectivity index (χ1n) is 11.0. The standard InChI is InChI=1S/C25H23Cl2N3O3S2/c1-3-29(16-17-8-6-5-7-9-17)35(32,33)20-12-10-18(11-13-20)24(31)28-25-30(4-2)23-21(27)14-19(26)15-22(23)34-25/h5-15H,3-4,16H2,1-2H3. The summed E-state index contributed by atoms with van der Waals surface area (Å²) in [6, 6.07) is 18.7. The van der Waals surface area contributed by atoms with E-state index in [0.717, 1.165) is 15.8 Å². The Morgan fingerprint density at radius 1 is 1.03 bits per heavy atom. The van der Waals surface area contributed by atoms with Crippen LogP contribution in [0.15, 0.2) is 76.6 Å². The number of carbonyl (C=O) groups is 1. The van der Waals surface area contributed by atoms with Crippen molar-refractivity contribution in [2.24, 2.45) is 4.99 Å². The third-order valence-electron chi connectivity index (χ3n) is 5.50. The van der Waals surface area contributed by atoms with E-state index in [-0.39, 0.29) is 11.4 Å². The van der Waals surface area contributed by atoms with Crippen molar-refractivity contribution in [3.05, 3.63) is 92.7 Å². The van der Waals surface area contributed by atoms with Gasteiger partial charge < -0.3 is 4.57 Å². The van der Waals surface area contributed by atoms with Crippen LogP contribution in [0.5, 0.6) is 0 Å². The van der Waals surface area contributed by atoms with Crippen LogP contribution in [0.2, 0.25) is 10.0 Å². The zero-order valence-electron chi connectivity index (χ0n) is 19.1. The molecule has 35 heavy (non-hydrogen) atoms. The molecule has 1 heterocycles. The summed E-state index contributed by atoms with van der Waals surface area (Å²) in [7, 11) is -3.73. The second-order valence-corrected chi connectivity index (χ2v) is 11.5. The second-order valence-electron chi connectivity index (χ2n) is 7.72. The quantitative estimate of drug-likeness (QED) is 0.285. The molecule has 0 spiro atoms. The fraction of sp³-hybridized carbons (Fsp3) is 0.200. The molecule has 0 aliphatic heterocycles. The highest BCUT2D eigenvalue weighted by molar-refractivity contribution is 7.89. The van der Waals surface area contributed by atoms with Crippen LogP contribution in [0.4, 0.5) is 0 Å². The van der Waals surface area contributed by atoms with E-state index in [9.17, 15) is 13.2 Å². The Morgan fingerprint density at radius 2 is 1.71 bits per heavy atom. The van der Waals surface area contributed by atoms with Crippen molar-refractivity contribution in [2.45, 2.75) is 31.8 Å². The number of thiazole rings is 1. The summed E-state index contributed by atoms with van der Waals surface area (Å²) in [5, 5.41) is 1.00. The van der Waals surface area contributed by atoms with Gasteiger partial charge in [-0.1, -0.05) is 71.8 Å². The van der Waals surface area contributed by atoms with Gasteiger partial charge >= 0.3 is 0 Å². The molecule has 0 unspecified atom stereocenters. The molecule has 182 valence electrons. The lowest BCUT2D eigenvalue weighted by Gasteiger charge is -2.20. The molecule has 6 nitrogen and oxygen atoms in total. The number of aromatic nitrogens is 1. The SMILES string of the molecule is CCN(Cc1ccccc1)S(=O)(=O)c1ccc(C(=O)N=c2sc3cc(Cl)cc(Cl)c3n2CC)cc1. The van der Waals surface area contributed by atoms with Crippen molar-refractivity contribution in [1.29, 1.82) is 0 Å². The summed E-state index contributed by atoms with van der Waals surface area (Å²) in [5.74, 6) is -0.471. The Balaban J connectivity index is 1.63. The fourth-order valence-corrected chi connectivity index (χ4v) is 7.04. The molecule has 0 aliphatic carbocycles. The minimum absolute atomic E-state index is 0.124. The van der Waals surface area contributed by atoms with Crippen LogP contribution >= 0.6 is 34.5 Å². The molecule has 4 rings (SSSR count). The molecule has 0 saturated carbocycles. The third-order valence-corrected chi connectivity index (χ3v) is 8.97. The van der Waals surface area contributed by atoms with Gasteiger partial charge in [-0.25, -0.2) is 8.42 Å². The molecule has 0 bridgehead atoms. The minimum Gasteiger partial charge on any atom is -0.315 e. The first-order chi connectivity index (χ1) is 16.7. The number of benzene rings is 3. The first kappa shape index (κ1) is 25.6. The number of carbonyl (C=O) groups excluding carboxylic acids is 1. The molecule has 1 amide bonds. The van der Waals surface area contributed by atoms with Crippen LogP contribution in [0.25, 0.3) is 10.2 Å². The van der Waals surface area contributed by atoms with Gasteiger partial charge in [-0.05, 0) is 48.9 Å². The molecule has 1 aromatic heterocycles. The number of amides is 1. The zero-order valence-corrected chi connectivity index (χ0v) is 22.3. The molecular weight excluding hydrogens is 525 g/mol. The van der Waals surface area contributed by atoms with E-state index < -0.39 is 15.9 Å². The molecule has 0 fully saturated rings. The van der Waals surface area contributed by atoms with Gasteiger partial charge in [0.15, 0.2) is 4.80 Å². The van der Waals surface area contributed by atoms with Gasteiger partial charge in [0.1, 0.15) is 0 Å². The molecule has 10 heteroatoms. The second kappa shape index (κ2) is 10.6. The van der Waals surface area contributed by atoms with Gasteiger partial charge in [0.05, 0.1) is 20.1 Å². The largest absolute Gasteiger partial charge is 0.315 e. The van der Waals surface area contributed by atoms with Crippen LogP contribution in [0, 0.1) is 0 Å². The molecule has 0 radical (unpaired) electrons. The van der Waals surface area contributed by atoms with E-state index in [2.05, 4.69) is 4.99 Å². The average Bonchev–Trinajstić information content (AvgIpc) is 3.20. The fourth-order valence-electron chi connectivity index (χ4n) is 3.73. The predicted octanol–water partition coefficient (Wildman–Crippen LogP) is 5.98. The zero-order chi connectivity index (χ0) is 25.2. The number of fused-ring (bicyclic) bond motifs is 1. The van der Waals surface area contributed by atoms with E-state index in [1.807, 2.05) is 41.8 Å². The van der Waals surface area contributed by atoms with Crippen LogP contribution in [0.3, 0.4) is 0 Å². The van der Waals surface area contributed by atoms with Crippen molar-refractivity contribution in [1.82, 2.24) is 8.87 Å². The molecule has 3 aromatic carbocycles. The Morgan fingerprint density at radius 3 is 2.34 bits per heavy atom. The van der Waals surface area contributed by atoms with E-state index >= 15 is 0 Å². The van der Waals surface area contributed by atoms with Gasteiger partial charge in [-0.2, -0.15) is 9.30 Å². The van der Waals surface area contributed by atoms with Crippen molar-refractivity contribution in [2.75, 3.05) is 6.54 Å². The van der Waals surface area contributed by atoms with Gasteiger partial charge in [0.2, 0.25) is 10.0 Å². The summed E-state index contributed by atoms with van der Waals surface area (Å²) >= 11 is 13.8. The lowest BCUT2D eigenvalue weighted by Crippen LogP contribution is -2.30. The number of halogens is 2.